The van der Waals surface area contributed by atoms with Gasteiger partial charge in [-0.2, -0.15) is 5.01 Å². The number of imide groups is 1. The van der Waals surface area contributed by atoms with Gasteiger partial charge in [0, 0.05) is 28.8 Å². The lowest BCUT2D eigenvalue weighted by Gasteiger charge is -2.30. The van der Waals surface area contributed by atoms with Gasteiger partial charge in [-0.1, -0.05) is 41.9 Å². The van der Waals surface area contributed by atoms with E-state index in [1.54, 1.807) is 24.3 Å². The monoisotopic (exact) mass is 480 g/mol. The summed E-state index contributed by atoms with van der Waals surface area (Å²) in [5, 5.41) is 24.1. The second-order valence-corrected chi connectivity index (χ2v) is 7.55. The molecule has 0 aliphatic carbocycles. The molecular formula is C22H13ClN4O7. The van der Waals surface area contributed by atoms with Gasteiger partial charge in [-0.05, 0) is 23.8 Å². The van der Waals surface area contributed by atoms with Gasteiger partial charge >= 0.3 is 0 Å². The molecule has 0 aromatic heterocycles. The minimum Gasteiger partial charge on any atom is -0.267 e. The van der Waals surface area contributed by atoms with E-state index in [9.17, 15) is 34.6 Å². The summed E-state index contributed by atoms with van der Waals surface area (Å²) in [5.74, 6) is -2.94. The van der Waals surface area contributed by atoms with Crippen molar-refractivity contribution in [2.75, 3.05) is 0 Å². The molecule has 3 aromatic carbocycles. The van der Waals surface area contributed by atoms with Crippen LogP contribution in [0.4, 0.5) is 11.4 Å². The lowest BCUT2D eigenvalue weighted by molar-refractivity contribution is -0.385. The Hall–Kier alpha value is -4.64. The van der Waals surface area contributed by atoms with Crippen LogP contribution in [0.2, 0.25) is 5.02 Å². The first-order valence-corrected chi connectivity index (χ1v) is 10.0. The lowest BCUT2D eigenvalue weighted by atomic mass is 10.1. The van der Waals surface area contributed by atoms with E-state index >= 15 is 0 Å². The number of carbonyl (C=O) groups is 3. The molecule has 0 saturated carbocycles. The van der Waals surface area contributed by atoms with Crippen LogP contribution in [-0.2, 0) is 6.54 Å². The van der Waals surface area contributed by atoms with Crippen molar-refractivity contribution >= 4 is 40.7 Å². The molecule has 0 N–H and O–H groups in total. The first kappa shape index (κ1) is 22.6. The Morgan fingerprint density at radius 1 is 0.912 bits per heavy atom. The minimum atomic E-state index is -1.07. The third kappa shape index (κ3) is 3.84. The average Bonchev–Trinajstić information content (AvgIpc) is 3.08. The van der Waals surface area contributed by atoms with Crippen molar-refractivity contribution in [1.82, 2.24) is 10.0 Å². The summed E-state index contributed by atoms with van der Waals surface area (Å²) >= 11 is 6.22. The number of non-ortho nitro benzene ring substituents is 1. The fraction of sp³-hybridized carbons (Fsp3) is 0.0455. The summed E-state index contributed by atoms with van der Waals surface area (Å²) in [6, 6.07) is 14.7. The molecule has 12 heteroatoms. The number of amides is 3. The predicted molar refractivity (Wildman–Crippen MR) is 118 cm³/mol. The fourth-order valence-electron chi connectivity index (χ4n) is 3.55. The maximum Gasteiger partial charge on any atom is 0.287 e. The molecule has 170 valence electrons. The molecule has 1 aliphatic heterocycles. The molecule has 0 bridgehead atoms. The zero-order chi connectivity index (χ0) is 24.6. The van der Waals surface area contributed by atoms with Crippen LogP contribution >= 0.6 is 11.6 Å². The van der Waals surface area contributed by atoms with Crippen LogP contribution < -0.4 is 0 Å². The second-order valence-electron chi connectivity index (χ2n) is 7.14. The number of rotatable bonds is 6. The molecule has 0 spiro atoms. The van der Waals surface area contributed by atoms with Gasteiger partial charge in [-0.3, -0.25) is 34.6 Å². The van der Waals surface area contributed by atoms with Gasteiger partial charge in [0.15, 0.2) is 0 Å². The van der Waals surface area contributed by atoms with Crippen LogP contribution in [-0.4, -0.2) is 37.6 Å². The maximum absolute atomic E-state index is 13.5. The SMILES string of the molecule is O=C(c1cccc([N+](=O)[O-])c1)N(Cc1ccccc1Cl)N1C(=O)c2cccc([N+](=O)[O-])c2C1=O. The van der Waals surface area contributed by atoms with Gasteiger partial charge in [0.05, 0.1) is 22.0 Å². The molecule has 0 fully saturated rings. The van der Waals surface area contributed by atoms with Gasteiger partial charge in [0.1, 0.15) is 5.56 Å². The standard InChI is InChI=1S/C22H13ClN4O7/c23-17-9-2-1-5-14(17)12-24(20(28)13-6-3-7-15(11-13)26(31)32)25-21(29)16-8-4-10-18(27(33)34)19(16)22(25)30/h1-11H,12H2. The first-order valence-electron chi connectivity index (χ1n) is 9.66. The maximum atomic E-state index is 13.5. The topological polar surface area (TPSA) is 144 Å². The van der Waals surface area contributed by atoms with Gasteiger partial charge in [-0.15, -0.1) is 0 Å². The number of hydrogen-bond acceptors (Lipinski definition) is 7. The summed E-state index contributed by atoms with van der Waals surface area (Å²) in [5.41, 5.74) is -1.45. The van der Waals surface area contributed by atoms with Gasteiger partial charge < -0.3 is 0 Å². The van der Waals surface area contributed by atoms with Gasteiger partial charge in [-0.25, -0.2) is 5.01 Å². The van der Waals surface area contributed by atoms with Crippen molar-refractivity contribution in [2.45, 2.75) is 6.54 Å². The normalized spacial score (nSPS) is 12.4. The van der Waals surface area contributed by atoms with Gasteiger partial charge in [0.25, 0.3) is 29.1 Å². The number of nitrogens with zero attached hydrogens (tertiary/aromatic N) is 4. The Morgan fingerprint density at radius 2 is 1.62 bits per heavy atom. The number of fused-ring (bicyclic) bond motifs is 1. The lowest BCUT2D eigenvalue weighted by Crippen LogP contribution is -2.49. The molecule has 3 aromatic rings. The Balaban J connectivity index is 1.83. The van der Waals surface area contributed by atoms with Crippen molar-refractivity contribution < 1.29 is 24.2 Å². The molecule has 0 atom stereocenters. The number of carbonyl (C=O) groups excluding carboxylic acids is 3. The first-order chi connectivity index (χ1) is 16.2. The molecule has 1 heterocycles. The molecule has 11 nitrogen and oxygen atoms in total. The van der Waals surface area contributed by atoms with E-state index < -0.39 is 38.8 Å². The van der Waals surface area contributed by atoms with Crippen LogP contribution in [0, 0.1) is 20.2 Å². The molecule has 34 heavy (non-hydrogen) atoms. The average molecular weight is 481 g/mol. The van der Waals surface area contributed by atoms with Crippen molar-refractivity contribution in [2.24, 2.45) is 0 Å². The Labute approximate surface area is 196 Å². The van der Waals surface area contributed by atoms with Crippen LogP contribution in [0.3, 0.4) is 0 Å². The number of hydrogen-bond donors (Lipinski definition) is 0. The van der Waals surface area contributed by atoms with Crippen LogP contribution in [0.25, 0.3) is 0 Å². The molecule has 3 amide bonds. The van der Waals surface area contributed by atoms with Crippen molar-refractivity contribution in [3.63, 3.8) is 0 Å². The third-order valence-corrected chi connectivity index (χ3v) is 5.49. The fourth-order valence-corrected chi connectivity index (χ4v) is 3.75. The van der Waals surface area contributed by atoms with Crippen LogP contribution in [0.5, 0.6) is 0 Å². The zero-order valence-electron chi connectivity index (χ0n) is 17.1. The Morgan fingerprint density at radius 3 is 2.29 bits per heavy atom. The van der Waals surface area contributed by atoms with Gasteiger partial charge in [0.2, 0.25) is 0 Å². The van der Waals surface area contributed by atoms with E-state index in [0.29, 0.717) is 10.6 Å². The highest BCUT2D eigenvalue weighted by Gasteiger charge is 2.45. The summed E-state index contributed by atoms with van der Waals surface area (Å²) in [4.78, 5) is 61.0. The highest BCUT2D eigenvalue weighted by molar-refractivity contribution is 6.31. The van der Waals surface area contributed by atoms with E-state index in [-0.39, 0.29) is 28.4 Å². The molecule has 1 aliphatic rings. The number of nitro groups is 2. The molecule has 0 radical (unpaired) electrons. The quantitative estimate of drug-likeness (QED) is 0.294. The van der Waals surface area contributed by atoms with Crippen molar-refractivity contribution in [3.05, 3.63) is 114 Å². The summed E-state index contributed by atoms with van der Waals surface area (Å²) in [7, 11) is 0. The number of halogens is 1. The second kappa shape index (κ2) is 8.71. The molecule has 4 rings (SSSR count). The largest absolute Gasteiger partial charge is 0.287 e. The number of benzene rings is 3. The van der Waals surface area contributed by atoms with E-state index in [0.717, 1.165) is 17.1 Å². The van der Waals surface area contributed by atoms with E-state index in [1.807, 2.05) is 0 Å². The van der Waals surface area contributed by atoms with E-state index in [2.05, 4.69) is 0 Å². The molecule has 0 unspecified atom stereocenters. The number of nitro benzene ring substituents is 2. The molecular weight excluding hydrogens is 468 g/mol. The van der Waals surface area contributed by atoms with E-state index in [4.69, 9.17) is 11.6 Å². The minimum absolute atomic E-state index is 0.174. The third-order valence-electron chi connectivity index (χ3n) is 5.13. The van der Waals surface area contributed by atoms with Crippen molar-refractivity contribution in [1.29, 1.82) is 0 Å². The summed E-state index contributed by atoms with van der Waals surface area (Å²) in [6.07, 6.45) is 0. The van der Waals surface area contributed by atoms with Crippen molar-refractivity contribution in [3.8, 4) is 0 Å². The summed E-state index contributed by atoms with van der Waals surface area (Å²) < 4.78 is 0. The highest BCUT2D eigenvalue weighted by Crippen LogP contribution is 2.33. The van der Waals surface area contributed by atoms with Crippen LogP contribution in [0.1, 0.15) is 36.6 Å². The summed E-state index contributed by atoms with van der Waals surface area (Å²) in [6.45, 7) is -0.361. The molecule has 0 saturated heterocycles. The van der Waals surface area contributed by atoms with E-state index in [1.165, 1.54) is 30.3 Å². The highest BCUT2D eigenvalue weighted by atomic mass is 35.5. The predicted octanol–water partition coefficient (Wildman–Crippen LogP) is 4.01. The zero-order valence-corrected chi connectivity index (χ0v) is 17.8. The Kier molecular flexibility index (Phi) is 5.78. The smallest absolute Gasteiger partial charge is 0.267 e. The Bertz CT molecular complexity index is 1390. The van der Waals surface area contributed by atoms with Crippen LogP contribution in [0.15, 0.2) is 66.7 Å². The number of hydrazine groups is 1.